The minimum atomic E-state index is -4.13. The molecule has 0 radical (unpaired) electrons. The standard InChI is InChI=1S/C27H20F2N4O4S/c1-16-4-3-5-17(10-16)21-12-25(37-2)24(13-22(21)29)33-23-8-7-20(11-18(23)6-9-26(33)34)38(35,36)32-27-30-14-19(28)15-31-27/h3-15H,1-2H3,(H,30,31,32). The van der Waals surface area contributed by atoms with Crippen LogP contribution in [-0.2, 0) is 10.0 Å². The maximum absolute atomic E-state index is 15.4. The molecule has 11 heteroatoms. The number of halogens is 2. The van der Waals surface area contributed by atoms with Crippen molar-refractivity contribution in [2.45, 2.75) is 11.8 Å². The van der Waals surface area contributed by atoms with Crippen molar-refractivity contribution >= 4 is 26.9 Å². The largest absolute Gasteiger partial charge is 0.495 e. The summed E-state index contributed by atoms with van der Waals surface area (Å²) in [4.78, 5) is 20.0. The van der Waals surface area contributed by atoms with Gasteiger partial charge >= 0.3 is 0 Å². The van der Waals surface area contributed by atoms with Crippen LogP contribution in [0.2, 0.25) is 0 Å². The minimum Gasteiger partial charge on any atom is -0.495 e. The van der Waals surface area contributed by atoms with Gasteiger partial charge in [-0.2, -0.15) is 0 Å². The Hall–Kier alpha value is -4.64. The molecule has 0 bridgehead atoms. The summed E-state index contributed by atoms with van der Waals surface area (Å²) in [6, 6.07) is 16.9. The number of nitrogens with one attached hydrogen (secondary N) is 1. The zero-order chi connectivity index (χ0) is 27.0. The zero-order valence-corrected chi connectivity index (χ0v) is 21.0. The SMILES string of the molecule is COc1cc(-c2cccc(C)c2)c(F)cc1-n1c(=O)ccc2cc(S(=O)(=O)Nc3ncc(F)cn3)ccc21. The number of hydrogen-bond acceptors (Lipinski definition) is 6. The first-order valence-electron chi connectivity index (χ1n) is 11.3. The molecular weight excluding hydrogens is 514 g/mol. The van der Waals surface area contributed by atoms with Gasteiger partial charge in [-0.3, -0.25) is 9.36 Å². The lowest BCUT2D eigenvalue weighted by Crippen LogP contribution is -2.19. The lowest BCUT2D eigenvalue weighted by molar-refractivity contribution is 0.412. The van der Waals surface area contributed by atoms with Gasteiger partial charge in [-0.25, -0.2) is 31.9 Å². The number of nitrogens with zero attached hydrogens (tertiary/aromatic N) is 3. The molecular formula is C27H20F2N4O4S. The van der Waals surface area contributed by atoms with Crippen molar-refractivity contribution in [1.82, 2.24) is 14.5 Å². The first kappa shape index (κ1) is 25.0. The highest BCUT2D eigenvalue weighted by atomic mass is 32.2. The van der Waals surface area contributed by atoms with Crippen LogP contribution in [-0.4, -0.2) is 30.1 Å². The molecule has 0 atom stereocenters. The Balaban J connectivity index is 1.61. The lowest BCUT2D eigenvalue weighted by atomic mass is 10.0. The molecule has 0 saturated carbocycles. The van der Waals surface area contributed by atoms with Gasteiger partial charge in [0.1, 0.15) is 11.6 Å². The van der Waals surface area contributed by atoms with Gasteiger partial charge in [0.2, 0.25) is 5.95 Å². The molecule has 0 fully saturated rings. The van der Waals surface area contributed by atoms with Crippen molar-refractivity contribution in [2.24, 2.45) is 0 Å². The third-order valence-electron chi connectivity index (χ3n) is 5.86. The summed E-state index contributed by atoms with van der Waals surface area (Å²) in [5.41, 5.74) is 1.95. The van der Waals surface area contributed by atoms with E-state index < -0.39 is 27.2 Å². The van der Waals surface area contributed by atoms with Crippen molar-refractivity contribution in [2.75, 3.05) is 11.8 Å². The van der Waals surface area contributed by atoms with E-state index >= 15 is 4.39 Å². The number of sulfonamides is 1. The van der Waals surface area contributed by atoms with Crippen molar-refractivity contribution < 1.29 is 21.9 Å². The van der Waals surface area contributed by atoms with E-state index in [0.29, 0.717) is 22.0 Å². The second kappa shape index (κ2) is 9.67. The third-order valence-corrected chi connectivity index (χ3v) is 7.19. The van der Waals surface area contributed by atoms with E-state index in [1.807, 2.05) is 25.1 Å². The molecule has 192 valence electrons. The summed E-state index contributed by atoms with van der Waals surface area (Å²) < 4.78 is 63.1. The lowest BCUT2D eigenvalue weighted by Gasteiger charge is -2.17. The second-order valence-corrected chi connectivity index (χ2v) is 10.1. The van der Waals surface area contributed by atoms with Gasteiger partial charge in [0, 0.05) is 23.1 Å². The molecule has 1 N–H and O–H groups in total. The monoisotopic (exact) mass is 534 g/mol. The number of methoxy groups -OCH3 is 1. The van der Waals surface area contributed by atoms with Crippen LogP contribution in [0.15, 0.2) is 88.8 Å². The number of benzene rings is 3. The van der Waals surface area contributed by atoms with Crippen LogP contribution in [0.25, 0.3) is 27.7 Å². The van der Waals surface area contributed by atoms with Gasteiger partial charge in [-0.15, -0.1) is 0 Å². The number of ether oxygens (including phenoxy) is 1. The number of hydrogen-bond donors (Lipinski definition) is 1. The van der Waals surface area contributed by atoms with Crippen molar-refractivity contribution in [3.63, 3.8) is 0 Å². The molecule has 0 unspecified atom stereocenters. The average molecular weight is 535 g/mol. The Morgan fingerprint density at radius 2 is 1.71 bits per heavy atom. The van der Waals surface area contributed by atoms with E-state index in [0.717, 1.165) is 18.0 Å². The second-order valence-electron chi connectivity index (χ2n) is 8.43. The molecule has 2 heterocycles. The third kappa shape index (κ3) is 4.71. The zero-order valence-electron chi connectivity index (χ0n) is 20.1. The summed E-state index contributed by atoms with van der Waals surface area (Å²) in [6.45, 7) is 1.90. The molecule has 0 spiro atoms. The van der Waals surface area contributed by atoms with Crippen molar-refractivity contribution in [3.8, 4) is 22.6 Å². The van der Waals surface area contributed by atoms with Crippen LogP contribution in [0.4, 0.5) is 14.7 Å². The van der Waals surface area contributed by atoms with Crippen LogP contribution < -0.4 is 15.0 Å². The Kier molecular flexibility index (Phi) is 6.37. The number of aryl methyl sites for hydroxylation is 1. The molecule has 0 aliphatic carbocycles. The predicted molar refractivity (Wildman–Crippen MR) is 139 cm³/mol. The van der Waals surface area contributed by atoms with Gasteiger partial charge in [0.05, 0.1) is 35.6 Å². The molecule has 8 nitrogen and oxygen atoms in total. The Morgan fingerprint density at radius 3 is 2.42 bits per heavy atom. The highest BCUT2D eigenvalue weighted by Gasteiger charge is 2.20. The van der Waals surface area contributed by atoms with E-state index in [1.54, 1.807) is 6.07 Å². The topological polar surface area (TPSA) is 103 Å². The molecule has 5 rings (SSSR count). The minimum absolute atomic E-state index is 0.143. The highest BCUT2D eigenvalue weighted by Crippen LogP contribution is 2.34. The van der Waals surface area contributed by atoms with Crippen molar-refractivity contribution in [3.05, 3.63) is 107 Å². The van der Waals surface area contributed by atoms with Gasteiger partial charge in [-0.1, -0.05) is 29.8 Å². The number of pyridine rings is 1. The smallest absolute Gasteiger partial charge is 0.264 e. The first-order chi connectivity index (χ1) is 18.2. The fourth-order valence-corrected chi connectivity index (χ4v) is 5.09. The quantitative estimate of drug-likeness (QED) is 0.334. The summed E-state index contributed by atoms with van der Waals surface area (Å²) in [5, 5.41) is 0.387. The van der Waals surface area contributed by atoms with Crippen LogP contribution in [0, 0.1) is 18.6 Å². The molecule has 38 heavy (non-hydrogen) atoms. The molecule has 0 aliphatic heterocycles. The molecule has 5 aromatic rings. The maximum atomic E-state index is 15.4. The van der Waals surface area contributed by atoms with Gasteiger partial charge < -0.3 is 4.74 Å². The van der Waals surface area contributed by atoms with E-state index in [4.69, 9.17) is 4.74 Å². The number of rotatable bonds is 6. The molecule has 0 saturated heterocycles. The van der Waals surface area contributed by atoms with E-state index in [-0.39, 0.29) is 22.3 Å². The number of fused-ring (bicyclic) bond motifs is 1. The first-order valence-corrected chi connectivity index (χ1v) is 12.8. The number of anilines is 1. The van der Waals surface area contributed by atoms with Gasteiger partial charge in [0.15, 0.2) is 5.82 Å². The maximum Gasteiger partial charge on any atom is 0.264 e. The van der Waals surface area contributed by atoms with Gasteiger partial charge in [-0.05, 0) is 42.8 Å². The summed E-state index contributed by atoms with van der Waals surface area (Å²) in [6.07, 6.45) is 1.67. The van der Waals surface area contributed by atoms with Crippen LogP contribution in [0.1, 0.15) is 5.56 Å². The van der Waals surface area contributed by atoms with E-state index in [2.05, 4.69) is 14.7 Å². The summed E-state index contributed by atoms with van der Waals surface area (Å²) in [7, 11) is -2.72. The normalized spacial score (nSPS) is 11.5. The summed E-state index contributed by atoms with van der Waals surface area (Å²) in [5.74, 6) is -1.32. The Bertz CT molecular complexity index is 1860. The Labute approximate surface area is 216 Å². The fourth-order valence-electron chi connectivity index (χ4n) is 4.10. The average Bonchev–Trinajstić information content (AvgIpc) is 2.89. The Morgan fingerprint density at radius 1 is 0.947 bits per heavy atom. The van der Waals surface area contributed by atoms with E-state index in [9.17, 15) is 17.6 Å². The van der Waals surface area contributed by atoms with Crippen LogP contribution in [0.5, 0.6) is 5.75 Å². The van der Waals surface area contributed by atoms with Crippen LogP contribution >= 0.6 is 0 Å². The van der Waals surface area contributed by atoms with Crippen LogP contribution in [0.3, 0.4) is 0 Å². The summed E-state index contributed by atoms with van der Waals surface area (Å²) >= 11 is 0. The molecule has 3 aromatic carbocycles. The molecule has 0 amide bonds. The van der Waals surface area contributed by atoms with Gasteiger partial charge in [0.25, 0.3) is 15.6 Å². The number of aromatic nitrogens is 3. The van der Waals surface area contributed by atoms with E-state index in [1.165, 1.54) is 54.1 Å². The molecule has 2 aromatic heterocycles. The highest BCUT2D eigenvalue weighted by molar-refractivity contribution is 7.92. The van der Waals surface area contributed by atoms with Crippen molar-refractivity contribution in [1.29, 1.82) is 0 Å². The predicted octanol–water partition coefficient (Wildman–Crippen LogP) is 4.84. The molecule has 0 aliphatic rings. The fraction of sp³-hybridized carbons (Fsp3) is 0.0741.